The first-order valence-electron chi connectivity index (χ1n) is 5.40. The fourth-order valence-electron chi connectivity index (χ4n) is 1.03. The van der Waals surface area contributed by atoms with Crippen LogP contribution in [0.15, 0.2) is 12.7 Å². The van der Waals surface area contributed by atoms with Crippen molar-refractivity contribution in [1.82, 2.24) is 16.0 Å². The van der Waals surface area contributed by atoms with E-state index in [2.05, 4.69) is 22.5 Å². The molecule has 0 unspecified atom stereocenters. The van der Waals surface area contributed by atoms with Gasteiger partial charge in [0.1, 0.15) is 12.1 Å². The van der Waals surface area contributed by atoms with Crippen LogP contribution in [0.5, 0.6) is 0 Å². The molecule has 0 saturated heterocycles. The van der Waals surface area contributed by atoms with Gasteiger partial charge in [-0.15, -0.1) is 0 Å². The lowest BCUT2D eigenvalue weighted by molar-refractivity contribution is -0.138. The predicted molar refractivity (Wildman–Crippen MR) is 66.1 cm³/mol. The van der Waals surface area contributed by atoms with E-state index in [0.29, 0.717) is 0 Å². The third kappa shape index (κ3) is 6.81. The third-order valence-corrected chi connectivity index (χ3v) is 2.04. The Bertz CT molecular complexity index is 403. The minimum absolute atomic E-state index is 0.375. The van der Waals surface area contributed by atoms with Crippen molar-refractivity contribution >= 4 is 23.7 Å². The molecule has 8 heteroatoms. The van der Waals surface area contributed by atoms with E-state index in [0.717, 1.165) is 6.08 Å². The van der Waals surface area contributed by atoms with Gasteiger partial charge in [0.25, 0.3) is 0 Å². The van der Waals surface area contributed by atoms with Gasteiger partial charge in [-0.1, -0.05) is 6.58 Å². The molecule has 0 radical (unpaired) electrons. The molecule has 0 bridgehead atoms. The van der Waals surface area contributed by atoms with E-state index in [1.165, 1.54) is 13.8 Å². The van der Waals surface area contributed by atoms with Gasteiger partial charge in [0.2, 0.25) is 17.7 Å². The Balaban J connectivity index is 4.22. The van der Waals surface area contributed by atoms with Gasteiger partial charge < -0.3 is 21.1 Å². The second-order valence-electron chi connectivity index (χ2n) is 4.17. The molecule has 0 aromatic heterocycles. The van der Waals surface area contributed by atoms with Crippen LogP contribution in [0.1, 0.15) is 13.8 Å². The standard InChI is InChI=1S/C11H17N3O5/c1-4-7(15)14-11(2,3)10(19)13-5-8(16)12-6-9(17)18/h4H,1,5-6H2,2-3H3,(H,12,16)(H,13,19)(H,14,15)(H,17,18). The molecule has 8 nitrogen and oxygen atoms in total. The molecular formula is C11H17N3O5. The first kappa shape index (κ1) is 16.6. The lowest BCUT2D eigenvalue weighted by Crippen LogP contribution is -2.55. The van der Waals surface area contributed by atoms with Gasteiger partial charge in [-0.3, -0.25) is 19.2 Å². The number of amides is 3. The van der Waals surface area contributed by atoms with Gasteiger partial charge >= 0.3 is 5.97 Å². The number of aliphatic carboxylic acids is 1. The van der Waals surface area contributed by atoms with Crippen LogP contribution in [0.25, 0.3) is 0 Å². The number of carbonyl (C=O) groups is 4. The molecular weight excluding hydrogens is 254 g/mol. The predicted octanol–water partition coefficient (Wildman–Crippen LogP) is -1.62. The Labute approximate surface area is 110 Å². The van der Waals surface area contributed by atoms with Crippen LogP contribution in [0.2, 0.25) is 0 Å². The third-order valence-electron chi connectivity index (χ3n) is 2.04. The Morgan fingerprint density at radius 3 is 2.21 bits per heavy atom. The normalized spacial score (nSPS) is 10.2. The van der Waals surface area contributed by atoms with E-state index in [-0.39, 0.29) is 6.54 Å². The summed E-state index contributed by atoms with van der Waals surface area (Å²) in [7, 11) is 0. The van der Waals surface area contributed by atoms with Crippen LogP contribution < -0.4 is 16.0 Å². The van der Waals surface area contributed by atoms with Crippen LogP contribution in [-0.4, -0.2) is 47.4 Å². The summed E-state index contributed by atoms with van der Waals surface area (Å²) >= 11 is 0. The molecule has 0 saturated carbocycles. The summed E-state index contributed by atoms with van der Waals surface area (Å²) in [5, 5.41) is 15.1. The lowest BCUT2D eigenvalue weighted by Gasteiger charge is -2.24. The summed E-state index contributed by atoms with van der Waals surface area (Å²) in [5.74, 6) is -2.91. The van der Waals surface area contributed by atoms with E-state index in [9.17, 15) is 19.2 Å². The highest BCUT2D eigenvalue weighted by Gasteiger charge is 2.28. The van der Waals surface area contributed by atoms with Crippen LogP contribution in [-0.2, 0) is 19.2 Å². The Hall–Kier alpha value is -2.38. The van der Waals surface area contributed by atoms with E-state index in [1.54, 1.807) is 0 Å². The highest BCUT2D eigenvalue weighted by Crippen LogP contribution is 2.01. The fourth-order valence-corrected chi connectivity index (χ4v) is 1.03. The molecule has 0 aliphatic rings. The molecule has 0 fully saturated rings. The van der Waals surface area contributed by atoms with Crippen molar-refractivity contribution < 1.29 is 24.3 Å². The Kier molecular flexibility index (Phi) is 6.25. The summed E-state index contributed by atoms with van der Waals surface area (Å²) in [5.41, 5.74) is -1.21. The van der Waals surface area contributed by atoms with Crippen molar-refractivity contribution in [2.45, 2.75) is 19.4 Å². The second kappa shape index (κ2) is 7.14. The summed E-state index contributed by atoms with van der Waals surface area (Å²) in [6, 6.07) is 0. The Morgan fingerprint density at radius 2 is 1.74 bits per heavy atom. The van der Waals surface area contributed by atoms with Gasteiger partial charge in [0.15, 0.2) is 0 Å². The zero-order valence-electron chi connectivity index (χ0n) is 10.8. The molecule has 0 rings (SSSR count). The summed E-state index contributed by atoms with van der Waals surface area (Å²) in [6.07, 6.45) is 1.02. The van der Waals surface area contributed by atoms with E-state index in [1.807, 2.05) is 0 Å². The maximum atomic E-state index is 11.7. The monoisotopic (exact) mass is 271 g/mol. The van der Waals surface area contributed by atoms with E-state index >= 15 is 0 Å². The number of hydrogen-bond acceptors (Lipinski definition) is 4. The molecule has 0 aromatic rings. The molecule has 0 aromatic carbocycles. The van der Waals surface area contributed by atoms with Crippen molar-refractivity contribution in [2.75, 3.05) is 13.1 Å². The van der Waals surface area contributed by atoms with Crippen LogP contribution in [0.4, 0.5) is 0 Å². The number of carbonyl (C=O) groups excluding carboxylic acids is 3. The number of carboxylic acids is 1. The molecule has 106 valence electrons. The molecule has 3 amide bonds. The van der Waals surface area contributed by atoms with Crippen molar-refractivity contribution in [3.63, 3.8) is 0 Å². The Morgan fingerprint density at radius 1 is 1.16 bits per heavy atom. The molecule has 4 N–H and O–H groups in total. The molecule has 0 aliphatic heterocycles. The maximum Gasteiger partial charge on any atom is 0.322 e. The zero-order valence-corrected chi connectivity index (χ0v) is 10.8. The summed E-state index contributed by atoms with van der Waals surface area (Å²) < 4.78 is 0. The first-order valence-corrected chi connectivity index (χ1v) is 5.40. The topological polar surface area (TPSA) is 125 Å². The number of rotatable bonds is 7. The minimum atomic E-state index is -1.21. The largest absolute Gasteiger partial charge is 0.480 e. The molecule has 0 atom stereocenters. The first-order chi connectivity index (χ1) is 8.69. The van der Waals surface area contributed by atoms with Gasteiger partial charge in [0, 0.05) is 0 Å². The smallest absolute Gasteiger partial charge is 0.322 e. The second-order valence-corrected chi connectivity index (χ2v) is 4.17. The zero-order chi connectivity index (χ0) is 15.1. The van der Waals surface area contributed by atoms with Crippen LogP contribution >= 0.6 is 0 Å². The SMILES string of the molecule is C=CC(=O)NC(C)(C)C(=O)NCC(=O)NCC(=O)O. The van der Waals surface area contributed by atoms with Gasteiger partial charge in [-0.2, -0.15) is 0 Å². The number of nitrogens with one attached hydrogen (secondary N) is 3. The highest BCUT2D eigenvalue weighted by atomic mass is 16.4. The maximum absolute atomic E-state index is 11.7. The average molecular weight is 271 g/mol. The van der Waals surface area contributed by atoms with Crippen molar-refractivity contribution in [3.8, 4) is 0 Å². The highest BCUT2D eigenvalue weighted by molar-refractivity contribution is 5.96. The lowest BCUT2D eigenvalue weighted by atomic mass is 10.0. The van der Waals surface area contributed by atoms with Gasteiger partial charge in [-0.05, 0) is 19.9 Å². The van der Waals surface area contributed by atoms with Crippen molar-refractivity contribution in [1.29, 1.82) is 0 Å². The number of carboxylic acid groups (broad SMARTS) is 1. The summed E-state index contributed by atoms with van der Waals surface area (Å²) in [4.78, 5) is 44.2. The van der Waals surface area contributed by atoms with Crippen molar-refractivity contribution in [2.24, 2.45) is 0 Å². The fraction of sp³-hybridized carbons (Fsp3) is 0.455. The van der Waals surface area contributed by atoms with Gasteiger partial charge in [0.05, 0.1) is 6.54 Å². The molecule has 0 heterocycles. The van der Waals surface area contributed by atoms with Crippen molar-refractivity contribution in [3.05, 3.63) is 12.7 Å². The number of hydrogen-bond donors (Lipinski definition) is 4. The quantitative estimate of drug-likeness (QED) is 0.414. The van der Waals surface area contributed by atoms with Crippen LogP contribution in [0.3, 0.4) is 0 Å². The van der Waals surface area contributed by atoms with E-state index < -0.39 is 35.8 Å². The average Bonchev–Trinajstić information content (AvgIpc) is 2.32. The minimum Gasteiger partial charge on any atom is -0.480 e. The summed E-state index contributed by atoms with van der Waals surface area (Å²) in [6.45, 7) is 5.27. The van der Waals surface area contributed by atoms with E-state index in [4.69, 9.17) is 5.11 Å². The molecule has 0 aliphatic carbocycles. The molecule has 0 spiro atoms. The van der Waals surface area contributed by atoms with Crippen LogP contribution in [0, 0.1) is 0 Å². The molecule has 19 heavy (non-hydrogen) atoms. The van der Waals surface area contributed by atoms with Gasteiger partial charge in [-0.25, -0.2) is 0 Å².